The average Bonchev–Trinajstić information content (AvgIpc) is 2.35. The van der Waals surface area contributed by atoms with Gasteiger partial charge in [-0.2, -0.15) is 0 Å². The smallest absolute Gasteiger partial charge is 0.362 e. The minimum Gasteiger partial charge on any atom is -0.377 e. The molecule has 0 atom stereocenters. The normalized spacial score (nSPS) is 44.8. The first-order valence-corrected chi connectivity index (χ1v) is 9.19. The van der Waals surface area contributed by atoms with E-state index >= 15 is 0 Å². The molecule has 4 saturated carbocycles. The SMILES string of the molecule is CCOP(=O)(OCC)C1(O)C2CC3CC(C2)CC1C3. The Balaban J connectivity index is 1.94. The molecule has 5 heteroatoms. The molecular formula is C14H25O4P. The summed E-state index contributed by atoms with van der Waals surface area (Å²) >= 11 is 0. The van der Waals surface area contributed by atoms with E-state index in [1.54, 1.807) is 0 Å². The molecule has 4 bridgehead atoms. The zero-order valence-corrected chi connectivity index (χ0v) is 12.8. The third-order valence-corrected chi connectivity index (χ3v) is 8.18. The minimum atomic E-state index is -3.43. The predicted octanol–water partition coefficient (Wildman–Crippen LogP) is 3.40. The largest absolute Gasteiger partial charge is 0.377 e. The summed E-state index contributed by atoms with van der Waals surface area (Å²) in [5, 5.41) is 10.0. The van der Waals surface area contributed by atoms with Gasteiger partial charge in [0.15, 0.2) is 5.34 Å². The fourth-order valence-electron chi connectivity index (χ4n) is 4.91. The number of rotatable bonds is 5. The second-order valence-corrected chi connectivity index (χ2v) is 8.65. The Bertz CT molecular complexity index is 357. The highest BCUT2D eigenvalue weighted by Gasteiger charge is 2.66. The minimum absolute atomic E-state index is 0.104. The summed E-state index contributed by atoms with van der Waals surface area (Å²) in [6.07, 6.45) is 5.28. The van der Waals surface area contributed by atoms with Crippen LogP contribution in [0.2, 0.25) is 0 Å². The second-order valence-electron chi connectivity index (χ2n) is 6.42. The Morgan fingerprint density at radius 2 is 1.42 bits per heavy atom. The van der Waals surface area contributed by atoms with Gasteiger partial charge in [-0.1, -0.05) is 0 Å². The Kier molecular flexibility index (Phi) is 3.58. The van der Waals surface area contributed by atoms with E-state index in [9.17, 15) is 9.67 Å². The van der Waals surface area contributed by atoms with Gasteiger partial charge in [-0.25, -0.2) is 0 Å². The molecule has 0 aliphatic heterocycles. The molecule has 1 N–H and O–H groups in total. The van der Waals surface area contributed by atoms with Crippen LogP contribution in [0.15, 0.2) is 0 Å². The zero-order valence-electron chi connectivity index (χ0n) is 11.9. The van der Waals surface area contributed by atoms with E-state index in [4.69, 9.17) is 9.05 Å². The van der Waals surface area contributed by atoms with Gasteiger partial charge in [0.1, 0.15) is 0 Å². The summed E-state index contributed by atoms with van der Waals surface area (Å²) < 4.78 is 24.1. The molecule has 4 aliphatic rings. The van der Waals surface area contributed by atoms with Crippen molar-refractivity contribution >= 4 is 7.60 Å². The first-order chi connectivity index (χ1) is 9.03. The van der Waals surface area contributed by atoms with E-state index in [0.717, 1.165) is 37.5 Å². The highest BCUT2D eigenvalue weighted by Crippen LogP contribution is 2.73. The van der Waals surface area contributed by atoms with Crippen molar-refractivity contribution in [3.8, 4) is 0 Å². The lowest BCUT2D eigenvalue weighted by Gasteiger charge is -2.59. The first kappa shape index (κ1) is 14.1. The fourth-order valence-corrected chi connectivity index (χ4v) is 7.39. The van der Waals surface area contributed by atoms with Gasteiger partial charge in [-0.15, -0.1) is 0 Å². The van der Waals surface area contributed by atoms with Gasteiger partial charge in [0.2, 0.25) is 0 Å². The lowest BCUT2D eigenvalue weighted by Crippen LogP contribution is -2.57. The molecule has 0 unspecified atom stereocenters. The van der Waals surface area contributed by atoms with Crippen LogP contribution >= 0.6 is 7.60 Å². The lowest BCUT2D eigenvalue weighted by molar-refractivity contribution is -0.135. The molecule has 0 aromatic rings. The van der Waals surface area contributed by atoms with Gasteiger partial charge in [-0.05, 0) is 57.8 Å². The molecule has 0 aromatic heterocycles. The van der Waals surface area contributed by atoms with Crippen LogP contribution in [0, 0.1) is 23.7 Å². The zero-order chi connectivity index (χ0) is 13.7. The maximum absolute atomic E-state index is 13.1. The van der Waals surface area contributed by atoms with Crippen molar-refractivity contribution in [1.82, 2.24) is 0 Å². The van der Waals surface area contributed by atoms with E-state index in [1.807, 2.05) is 13.8 Å². The standard InChI is InChI=1S/C14H25O4P/c1-3-17-19(16,18-4-2)14(15)12-6-10-5-11(8-12)9-13(14)7-10/h10-13,15H,3-9H2,1-2H3. The molecule has 4 aliphatic carbocycles. The van der Waals surface area contributed by atoms with E-state index in [2.05, 4.69) is 0 Å². The van der Waals surface area contributed by atoms with Crippen LogP contribution in [-0.4, -0.2) is 23.7 Å². The maximum Gasteiger partial charge on any atom is 0.362 e. The quantitative estimate of drug-likeness (QED) is 0.788. The summed E-state index contributed by atoms with van der Waals surface area (Å²) in [6, 6.07) is 0. The highest BCUT2D eigenvalue weighted by molar-refractivity contribution is 7.55. The summed E-state index contributed by atoms with van der Waals surface area (Å²) in [6.45, 7) is 4.27. The molecule has 110 valence electrons. The maximum atomic E-state index is 13.1. The lowest BCUT2D eigenvalue weighted by atomic mass is 9.54. The topological polar surface area (TPSA) is 55.8 Å². The molecule has 0 saturated heterocycles. The van der Waals surface area contributed by atoms with Crippen molar-refractivity contribution in [1.29, 1.82) is 0 Å². The molecule has 0 amide bonds. The van der Waals surface area contributed by atoms with Crippen molar-refractivity contribution in [3.63, 3.8) is 0 Å². The van der Waals surface area contributed by atoms with Gasteiger partial charge in [-0.3, -0.25) is 4.57 Å². The average molecular weight is 288 g/mol. The fraction of sp³-hybridized carbons (Fsp3) is 1.00. The molecular weight excluding hydrogens is 263 g/mol. The Labute approximate surface area is 115 Å². The van der Waals surface area contributed by atoms with Gasteiger partial charge < -0.3 is 14.2 Å². The van der Waals surface area contributed by atoms with Gasteiger partial charge in [0.25, 0.3) is 0 Å². The van der Waals surface area contributed by atoms with Gasteiger partial charge in [0.05, 0.1) is 13.2 Å². The van der Waals surface area contributed by atoms with Crippen molar-refractivity contribution in [2.45, 2.75) is 51.3 Å². The molecule has 19 heavy (non-hydrogen) atoms. The summed E-state index contributed by atoms with van der Waals surface area (Å²) in [7, 11) is -3.43. The van der Waals surface area contributed by atoms with Gasteiger partial charge >= 0.3 is 7.60 Å². The Hall–Kier alpha value is 0.110. The van der Waals surface area contributed by atoms with E-state index in [0.29, 0.717) is 13.2 Å². The van der Waals surface area contributed by atoms with E-state index in [1.165, 1.54) is 6.42 Å². The predicted molar refractivity (Wildman–Crippen MR) is 72.9 cm³/mol. The Morgan fingerprint density at radius 3 is 1.79 bits per heavy atom. The van der Waals surface area contributed by atoms with Crippen molar-refractivity contribution < 1.29 is 18.7 Å². The third-order valence-electron chi connectivity index (χ3n) is 5.38. The molecule has 4 rings (SSSR count). The monoisotopic (exact) mass is 288 g/mol. The number of hydrogen-bond donors (Lipinski definition) is 1. The van der Waals surface area contributed by atoms with Crippen LogP contribution in [0.4, 0.5) is 0 Å². The van der Waals surface area contributed by atoms with Crippen LogP contribution in [0.3, 0.4) is 0 Å². The van der Waals surface area contributed by atoms with Crippen LogP contribution < -0.4 is 0 Å². The molecule has 4 fully saturated rings. The van der Waals surface area contributed by atoms with Crippen molar-refractivity contribution in [2.24, 2.45) is 23.7 Å². The summed E-state index contributed by atoms with van der Waals surface area (Å²) in [5.41, 5.74) is 0. The van der Waals surface area contributed by atoms with Crippen LogP contribution in [-0.2, 0) is 13.6 Å². The van der Waals surface area contributed by atoms with Gasteiger partial charge in [0, 0.05) is 11.8 Å². The molecule has 0 radical (unpaired) electrons. The van der Waals surface area contributed by atoms with Crippen LogP contribution in [0.5, 0.6) is 0 Å². The Morgan fingerprint density at radius 1 is 1.00 bits per heavy atom. The third kappa shape index (κ3) is 1.95. The number of aliphatic hydroxyl groups is 1. The summed E-state index contributed by atoms with van der Waals surface area (Å²) in [5.74, 6) is 1.65. The molecule has 4 nitrogen and oxygen atoms in total. The van der Waals surface area contributed by atoms with Crippen molar-refractivity contribution in [2.75, 3.05) is 13.2 Å². The highest BCUT2D eigenvalue weighted by atomic mass is 31.2. The van der Waals surface area contributed by atoms with Crippen molar-refractivity contribution in [3.05, 3.63) is 0 Å². The summed E-state index contributed by atoms with van der Waals surface area (Å²) in [4.78, 5) is 0. The molecule has 0 spiro atoms. The number of hydrogen-bond acceptors (Lipinski definition) is 4. The van der Waals surface area contributed by atoms with E-state index in [-0.39, 0.29) is 11.8 Å². The molecule has 0 aromatic carbocycles. The van der Waals surface area contributed by atoms with Crippen LogP contribution in [0.1, 0.15) is 46.0 Å². The first-order valence-electron chi connectivity index (χ1n) is 7.65. The van der Waals surface area contributed by atoms with Crippen LogP contribution in [0.25, 0.3) is 0 Å². The van der Waals surface area contributed by atoms with E-state index < -0.39 is 12.9 Å². The molecule has 0 heterocycles. The second kappa shape index (κ2) is 4.84.